The zero-order chi connectivity index (χ0) is 22.4. The second kappa shape index (κ2) is 8.00. The van der Waals surface area contributed by atoms with Crippen molar-refractivity contribution >= 4 is 28.3 Å². The molecule has 166 valence electrons. The minimum atomic E-state index is -0.218. The third kappa shape index (κ3) is 3.53. The SMILES string of the molecule is Cc1c(F)cccc1[C@@H](C)Nc1nnc(C)c2ncc(N3CCN4C(=O)CC[C@@H]4C3)cc12. The molecule has 0 spiro atoms. The van der Waals surface area contributed by atoms with E-state index in [1.165, 1.54) is 6.07 Å². The van der Waals surface area contributed by atoms with E-state index in [4.69, 9.17) is 4.98 Å². The summed E-state index contributed by atoms with van der Waals surface area (Å²) in [6.07, 6.45) is 3.44. The molecule has 0 bridgehead atoms. The van der Waals surface area contributed by atoms with E-state index in [2.05, 4.69) is 26.5 Å². The molecule has 0 aliphatic carbocycles. The largest absolute Gasteiger partial charge is 0.366 e. The molecule has 0 unspecified atom stereocenters. The minimum Gasteiger partial charge on any atom is -0.366 e. The number of carbonyl (C=O) groups excluding carboxylic acids is 1. The topological polar surface area (TPSA) is 74.2 Å². The summed E-state index contributed by atoms with van der Waals surface area (Å²) < 4.78 is 14.1. The van der Waals surface area contributed by atoms with Gasteiger partial charge >= 0.3 is 0 Å². The number of pyridine rings is 1. The van der Waals surface area contributed by atoms with Crippen molar-refractivity contribution in [1.29, 1.82) is 0 Å². The fraction of sp³-hybridized carbons (Fsp3) is 0.417. The summed E-state index contributed by atoms with van der Waals surface area (Å²) in [5.74, 6) is 0.681. The van der Waals surface area contributed by atoms with Crippen LogP contribution in [0.25, 0.3) is 10.9 Å². The molecular formula is C24H27FN6O. The number of benzene rings is 1. The Balaban J connectivity index is 1.47. The summed E-state index contributed by atoms with van der Waals surface area (Å²) in [5.41, 5.74) is 4.08. The van der Waals surface area contributed by atoms with Gasteiger partial charge in [-0.2, -0.15) is 5.10 Å². The van der Waals surface area contributed by atoms with Gasteiger partial charge in [-0.3, -0.25) is 9.78 Å². The molecule has 1 amide bonds. The van der Waals surface area contributed by atoms with Crippen molar-refractivity contribution in [3.05, 3.63) is 53.1 Å². The van der Waals surface area contributed by atoms with E-state index < -0.39 is 0 Å². The third-order valence-electron chi connectivity index (χ3n) is 6.76. The van der Waals surface area contributed by atoms with Crippen molar-refractivity contribution in [3.8, 4) is 0 Å². The zero-order valence-corrected chi connectivity index (χ0v) is 18.6. The van der Waals surface area contributed by atoms with Crippen molar-refractivity contribution in [3.63, 3.8) is 0 Å². The van der Waals surface area contributed by atoms with Gasteiger partial charge in [0.05, 0.1) is 29.1 Å². The number of fused-ring (bicyclic) bond motifs is 2. The first-order valence-electron chi connectivity index (χ1n) is 11.1. The molecule has 2 aliphatic rings. The molecule has 3 aromatic rings. The number of nitrogens with one attached hydrogen (secondary N) is 1. The Bertz CT molecular complexity index is 1200. The summed E-state index contributed by atoms with van der Waals surface area (Å²) in [6, 6.07) is 7.35. The van der Waals surface area contributed by atoms with E-state index in [1.807, 2.05) is 31.0 Å². The highest BCUT2D eigenvalue weighted by Gasteiger charge is 2.35. The number of halogens is 1. The van der Waals surface area contributed by atoms with E-state index in [0.29, 0.717) is 17.8 Å². The summed E-state index contributed by atoms with van der Waals surface area (Å²) >= 11 is 0. The first kappa shape index (κ1) is 20.6. The van der Waals surface area contributed by atoms with Crippen LogP contribution in [0.15, 0.2) is 30.5 Å². The standard InChI is InChI=1S/C24H27FN6O/c1-14-19(5-4-6-21(14)25)15(2)27-24-20-11-18(12-26-23(20)16(3)28-29-24)30-9-10-31-17(13-30)7-8-22(31)32/h4-6,11-12,15,17H,7-10,13H2,1-3H3,(H,27,29)/t15-,17-/m1/s1. The number of rotatable bonds is 4. The number of carbonyl (C=O) groups is 1. The molecule has 2 aromatic heterocycles. The van der Waals surface area contributed by atoms with Crippen LogP contribution in [0.1, 0.15) is 42.6 Å². The molecule has 2 saturated heterocycles. The molecule has 0 radical (unpaired) electrons. The molecule has 2 atom stereocenters. The number of piperazine rings is 1. The number of hydrogen-bond acceptors (Lipinski definition) is 6. The lowest BCUT2D eigenvalue weighted by Gasteiger charge is -2.38. The van der Waals surface area contributed by atoms with Crippen molar-refractivity contribution in [2.24, 2.45) is 0 Å². The Kier molecular flexibility index (Phi) is 5.15. The van der Waals surface area contributed by atoms with Crippen LogP contribution in [0, 0.1) is 19.7 Å². The average molecular weight is 435 g/mol. The molecule has 0 saturated carbocycles. The summed E-state index contributed by atoms with van der Waals surface area (Å²) in [4.78, 5) is 21.0. The summed E-state index contributed by atoms with van der Waals surface area (Å²) in [6.45, 7) is 8.02. The van der Waals surface area contributed by atoms with Gasteiger partial charge in [0, 0.05) is 37.5 Å². The van der Waals surface area contributed by atoms with Crippen LogP contribution in [0.3, 0.4) is 0 Å². The van der Waals surface area contributed by atoms with Crippen LogP contribution in [0.5, 0.6) is 0 Å². The minimum absolute atomic E-state index is 0.150. The normalized spacial score (nSPS) is 19.4. The van der Waals surface area contributed by atoms with E-state index in [-0.39, 0.29) is 23.8 Å². The summed E-state index contributed by atoms with van der Waals surface area (Å²) in [7, 11) is 0. The van der Waals surface area contributed by atoms with E-state index in [9.17, 15) is 9.18 Å². The molecule has 1 aromatic carbocycles. The van der Waals surface area contributed by atoms with Gasteiger partial charge in [0.1, 0.15) is 5.82 Å². The number of anilines is 2. The van der Waals surface area contributed by atoms with Crippen molar-refractivity contribution in [2.45, 2.75) is 45.7 Å². The molecule has 5 rings (SSSR count). The van der Waals surface area contributed by atoms with Gasteiger partial charge in [0.15, 0.2) is 5.82 Å². The van der Waals surface area contributed by atoms with Crippen molar-refractivity contribution in [2.75, 3.05) is 29.9 Å². The lowest BCUT2D eigenvalue weighted by molar-refractivity contribution is -0.129. The van der Waals surface area contributed by atoms with Gasteiger partial charge in [-0.15, -0.1) is 5.10 Å². The predicted molar refractivity (Wildman–Crippen MR) is 122 cm³/mol. The maximum absolute atomic E-state index is 14.1. The molecule has 7 nitrogen and oxygen atoms in total. The first-order chi connectivity index (χ1) is 15.4. The maximum atomic E-state index is 14.1. The van der Waals surface area contributed by atoms with Crippen molar-refractivity contribution in [1.82, 2.24) is 20.1 Å². The molecule has 32 heavy (non-hydrogen) atoms. The molecule has 2 aliphatic heterocycles. The van der Waals surface area contributed by atoms with Gasteiger partial charge in [-0.1, -0.05) is 12.1 Å². The fourth-order valence-electron chi connectivity index (χ4n) is 4.90. The van der Waals surface area contributed by atoms with E-state index in [1.54, 1.807) is 13.0 Å². The number of aryl methyl sites for hydroxylation is 1. The highest BCUT2D eigenvalue weighted by Crippen LogP contribution is 2.31. The van der Waals surface area contributed by atoms with Gasteiger partial charge in [0.2, 0.25) is 5.91 Å². The lowest BCUT2D eigenvalue weighted by Crippen LogP contribution is -2.51. The Morgan fingerprint density at radius 1 is 1.22 bits per heavy atom. The van der Waals surface area contributed by atoms with E-state index >= 15 is 0 Å². The van der Waals surface area contributed by atoms with Gasteiger partial charge in [-0.25, -0.2) is 4.39 Å². The lowest BCUT2D eigenvalue weighted by atomic mass is 10.0. The first-order valence-corrected chi connectivity index (χ1v) is 11.1. The molecule has 8 heteroatoms. The van der Waals surface area contributed by atoms with Gasteiger partial charge < -0.3 is 15.1 Å². The second-order valence-electron chi connectivity index (χ2n) is 8.77. The van der Waals surface area contributed by atoms with Gasteiger partial charge in [0.25, 0.3) is 0 Å². The summed E-state index contributed by atoms with van der Waals surface area (Å²) in [5, 5.41) is 13.0. The van der Waals surface area contributed by atoms with Gasteiger partial charge in [-0.05, 0) is 50.5 Å². The van der Waals surface area contributed by atoms with Crippen LogP contribution in [-0.2, 0) is 4.79 Å². The van der Waals surface area contributed by atoms with Crippen LogP contribution >= 0.6 is 0 Å². The number of hydrogen-bond donors (Lipinski definition) is 1. The predicted octanol–water partition coefficient (Wildman–Crippen LogP) is 3.76. The molecule has 1 N–H and O–H groups in total. The molecular weight excluding hydrogens is 407 g/mol. The molecule has 4 heterocycles. The van der Waals surface area contributed by atoms with Crippen LogP contribution in [0.2, 0.25) is 0 Å². The Morgan fingerprint density at radius 2 is 2.06 bits per heavy atom. The van der Waals surface area contributed by atoms with Crippen molar-refractivity contribution < 1.29 is 9.18 Å². The maximum Gasteiger partial charge on any atom is 0.223 e. The average Bonchev–Trinajstić information content (AvgIpc) is 3.17. The third-order valence-corrected chi connectivity index (χ3v) is 6.76. The fourth-order valence-corrected chi connectivity index (χ4v) is 4.90. The highest BCUT2D eigenvalue weighted by molar-refractivity contribution is 5.92. The number of amides is 1. The Hall–Kier alpha value is -3.29. The number of nitrogens with zero attached hydrogens (tertiary/aromatic N) is 5. The quantitative estimate of drug-likeness (QED) is 0.674. The van der Waals surface area contributed by atoms with E-state index in [0.717, 1.165) is 53.9 Å². The van der Waals surface area contributed by atoms with Crippen LogP contribution < -0.4 is 10.2 Å². The highest BCUT2D eigenvalue weighted by atomic mass is 19.1. The smallest absolute Gasteiger partial charge is 0.223 e. The van der Waals surface area contributed by atoms with Crippen LogP contribution in [0.4, 0.5) is 15.9 Å². The Labute approximate surface area is 186 Å². The number of aromatic nitrogens is 3. The second-order valence-corrected chi connectivity index (χ2v) is 8.77. The molecule has 2 fully saturated rings. The Morgan fingerprint density at radius 3 is 2.91 bits per heavy atom. The monoisotopic (exact) mass is 434 g/mol. The van der Waals surface area contributed by atoms with Crippen LogP contribution in [-0.4, -0.2) is 51.7 Å². The zero-order valence-electron chi connectivity index (χ0n) is 18.6.